The highest BCUT2D eigenvalue weighted by molar-refractivity contribution is 7.92. The predicted octanol–water partition coefficient (Wildman–Crippen LogP) is 0.493. The van der Waals surface area contributed by atoms with E-state index in [4.69, 9.17) is 10.5 Å². The number of sulfonamides is 1. The molecule has 5 nitrogen and oxygen atoms in total. The van der Waals surface area contributed by atoms with Gasteiger partial charge in [-0.05, 0) is 19.3 Å². The highest BCUT2D eigenvalue weighted by atomic mass is 32.2. The summed E-state index contributed by atoms with van der Waals surface area (Å²) in [4.78, 5) is 0.0154. The maximum Gasteiger partial charge on any atom is 0.220 e. The third-order valence-corrected chi connectivity index (χ3v) is 4.74. The van der Waals surface area contributed by atoms with Gasteiger partial charge in [0, 0.05) is 19.7 Å². The fourth-order valence-electron chi connectivity index (χ4n) is 1.85. The van der Waals surface area contributed by atoms with E-state index in [0.29, 0.717) is 19.7 Å². The quantitative estimate of drug-likeness (QED) is 0.717. The minimum absolute atomic E-state index is 0.00446. The largest absolute Gasteiger partial charge is 0.392 e. The Labute approximate surface area is 108 Å². The summed E-state index contributed by atoms with van der Waals surface area (Å²) in [6.07, 6.45) is 2.69. The van der Waals surface area contributed by atoms with Crippen LogP contribution in [-0.2, 0) is 14.8 Å². The first-order valence-corrected chi connectivity index (χ1v) is 7.85. The molecule has 1 saturated heterocycles. The fourth-order valence-corrected chi connectivity index (χ4v) is 3.64. The molecule has 7 heteroatoms. The Morgan fingerprint density at radius 2 is 2.29 bits per heavy atom. The Kier molecular flexibility index (Phi) is 5.78. The smallest absolute Gasteiger partial charge is 0.220 e. The summed E-state index contributed by atoms with van der Waals surface area (Å²) in [5.74, 6) is -0.247. The zero-order valence-electron chi connectivity index (χ0n) is 10.1. The highest BCUT2D eigenvalue weighted by Crippen LogP contribution is 2.17. The van der Waals surface area contributed by atoms with Gasteiger partial charge in [0.05, 0.1) is 11.1 Å². The summed E-state index contributed by atoms with van der Waals surface area (Å²) in [5.41, 5.74) is 5.29. The lowest BCUT2D eigenvalue weighted by Gasteiger charge is -2.31. The van der Waals surface area contributed by atoms with E-state index in [9.17, 15) is 8.42 Å². The molecule has 1 unspecified atom stereocenters. The number of hydrogen-bond donors (Lipinski definition) is 1. The summed E-state index contributed by atoms with van der Waals surface area (Å²) >= 11 is 4.65. The number of nitrogens with zero attached hydrogens (tertiary/aromatic N) is 1. The molecule has 1 atom stereocenters. The van der Waals surface area contributed by atoms with Crippen LogP contribution in [0, 0.1) is 0 Å². The van der Waals surface area contributed by atoms with Crippen molar-refractivity contribution in [1.82, 2.24) is 4.31 Å². The van der Waals surface area contributed by atoms with Crippen molar-refractivity contribution in [3.05, 3.63) is 0 Å². The number of rotatable bonds is 6. The first kappa shape index (κ1) is 14.8. The molecule has 17 heavy (non-hydrogen) atoms. The van der Waals surface area contributed by atoms with Gasteiger partial charge < -0.3 is 10.5 Å². The van der Waals surface area contributed by atoms with Gasteiger partial charge in [-0.3, -0.25) is 0 Å². The van der Waals surface area contributed by atoms with Crippen molar-refractivity contribution in [2.45, 2.75) is 32.3 Å². The number of hydrogen-bond acceptors (Lipinski definition) is 4. The van der Waals surface area contributed by atoms with Crippen LogP contribution in [-0.4, -0.2) is 49.3 Å². The van der Waals surface area contributed by atoms with Crippen LogP contribution in [0.2, 0.25) is 0 Å². The zero-order chi connectivity index (χ0) is 12.9. The van der Waals surface area contributed by atoms with Crippen LogP contribution >= 0.6 is 12.2 Å². The SMILES string of the molecule is CCCOC1CCCN(S(=O)(=O)CC(N)=S)C1. The summed E-state index contributed by atoms with van der Waals surface area (Å²) in [7, 11) is -3.35. The van der Waals surface area contributed by atoms with E-state index in [1.807, 2.05) is 6.92 Å². The van der Waals surface area contributed by atoms with Gasteiger partial charge >= 0.3 is 0 Å². The number of nitrogens with two attached hydrogens (primary N) is 1. The molecule has 1 aliphatic rings. The predicted molar refractivity (Wildman–Crippen MR) is 71.4 cm³/mol. The topological polar surface area (TPSA) is 72.6 Å². The molecular weight excluding hydrogens is 260 g/mol. The first-order valence-electron chi connectivity index (χ1n) is 5.83. The Bertz CT molecular complexity index is 357. The van der Waals surface area contributed by atoms with Crippen LogP contribution in [0.1, 0.15) is 26.2 Å². The number of piperidine rings is 1. The van der Waals surface area contributed by atoms with Gasteiger partial charge in [-0.1, -0.05) is 19.1 Å². The van der Waals surface area contributed by atoms with Crippen molar-refractivity contribution in [2.75, 3.05) is 25.4 Å². The standard InChI is InChI=1S/C10H20N2O3S2/c1-2-6-15-9-4-3-5-12(7-9)17(13,14)8-10(11)16/h9H,2-8H2,1H3,(H2,11,16). The van der Waals surface area contributed by atoms with Crippen LogP contribution in [0.5, 0.6) is 0 Å². The molecule has 1 fully saturated rings. The van der Waals surface area contributed by atoms with E-state index >= 15 is 0 Å². The molecule has 1 aliphatic heterocycles. The summed E-state index contributed by atoms with van der Waals surface area (Å²) in [6.45, 7) is 3.67. The van der Waals surface area contributed by atoms with Crippen LogP contribution in [0.15, 0.2) is 0 Å². The van der Waals surface area contributed by atoms with E-state index in [0.717, 1.165) is 19.3 Å². The zero-order valence-corrected chi connectivity index (χ0v) is 11.7. The van der Waals surface area contributed by atoms with Gasteiger partial charge in [-0.2, -0.15) is 4.31 Å². The molecule has 0 aromatic carbocycles. The summed E-state index contributed by atoms with van der Waals surface area (Å²) in [6, 6.07) is 0. The monoisotopic (exact) mass is 280 g/mol. The minimum Gasteiger partial charge on any atom is -0.392 e. The van der Waals surface area contributed by atoms with Gasteiger partial charge in [-0.25, -0.2) is 8.42 Å². The van der Waals surface area contributed by atoms with E-state index in [2.05, 4.69) is 12.2 Å². The molecule has 0 aromatic rings. The lowest BCUT2D eigenvalue weighted by Crippen LogP contribution is -2.45. The molecule has 1 rings (SSSR count). The van der Waals surface area contributed by atoms with Crippen LogP contribution in [0.3, 0.4) is 0 Å². The first-order chi connectivity index (χ1) is 7.95. The van der Waals surface area contributed by atoms with Crippen LogP contribution in [0.4, 0.5) is 0 Å². The third-order valence-electron chi connectivity index (χ3n) is 2.62. The molecule has 0 bridgehead atoms. The maximum atomic E-state index is 11.9. The Morgan fingerprint density at radius 3 is 2.88 bits per heavy atom. The number of ether oxygens (including phenoxy) is 1. The lowest BCUT2D eigenvalue weighted by atomic mass is 10.1. The molecule has 0 aliphatic carbocycles. The number of thiocarbonyl (C=S) groups is 1. The molecule has 100 valence electrons. The van der Waals surface area contributed by atoms with Crippen LogP contribution < -0.4 is 5.73 Å². The van der Waals surface area contributed by atoms with Crippen molar-refractivity contribution >= 4 is 27.2 Å². The third kappa shape index (κ3) is 4.87. The van der Waals surface area contributed by atoms with Gasteiger partial charge in [-0.15, -0.1) is 0 Å². The molecular formula is C10H20N2O3S2. The molecule has 0 aromatic heterocycles. The van der Waals surface area contributed by atoms with Gasteiger partial charge in [0.2, 0.25) is 10.0 Å². The Hall–Kier alpha value is -0.240. The average Bonchev–Trinajstić information content (AvgIpc) is 2.25. The van der Waals surface area contributed by atoms with E-state index in [-0.39, 0.29) is 16.8 Å². The summed E-state index contributed by atoms with van der Waals surface area (Å²) in [5, 5.41) is 0. The van der Waals surface area contributed by atoms with E-state index in [1.165, 1.54) is 4.31 Å². The van der Waals surface area contributed by atoms with E-state index < -0.39 is 10.0 Å². The highest BCUT2D eigenvalue weighted by Gasteiger charge is 2.29. The average molecular weight is 280 g/mol. The molecule has 0 amide bonds. The van der Waals surface area contributed by atoms with Crippen molar-refractivity contribution in [3.8, 4) is 0 Å². The fraction of sp³-hybridized carbons (Fsp3) is 0.900. The van der Waals surface area contributed by atoms with Crippen molar-refractivity contribution in [1.29, 1.82) is 0 Å². The molecule has 0 spiro atoms. The Balaban J connectivity index is 2.56. The molecule has 0 radical (unpaired) electrons. The second-order valence-corrected chi connectivity index (χ2v) is 6.71. The van der Waals surface area contributed by atoms with Gasteiger partial charge in [0.15, 0.2) is 0 Å². The minimum atomic E-state index is -3.35. The second kappa shape index (κ2) is 6.63. The van der Waals surface area contributed by atoms with Crippen LogP contribution in [0.25, 0.3) is 0 Å². The second-order valence-electron chi connectivity index (χ2n) is 4.22. The van der Waals surface area contributed by atoms with Crippen molar-refractivity contribution < 1.29 is 13.2 Å². The van der Waals surface area contributed by atoms with Gasteiger partial charge in [0.1, 0.15) is 5.75 Å². The maximum absolute atomic E-state index is 11.9. The van der Waals surface area contributed by atoms with E-state index in [1.54, 1.807) is 0 Å². The Morgan fingerprint density at radius 1 is 1.59 bits per heavy atom. The lowest BCUT2D eigenvalue weighted by molar-refractivity contribution is 0.0194. The van der Waals surface area contributed by atoms with Crippen molar-refractivity contribution in [3.63, 3.8) is 0 Å². The van der Waals surface area contributed by atoms with Gasteiger partial charge in [0.25, 0.3) is 0 Å². The molecule has 2 N–H and O–H groups in total. The molecule has 1 heterocycles. The summed E-state index contributed by atoms with van der Waals surface area (Å²) < 4.78 is 30.9. The van der Waals surface area contributed by atoms with Crippen molar-refractivity contribution in [2.24, 2.45) is 5.73 Å². The normalized spacial score (nSPS) is 22.5. The molecule has 0 saturated carbocycles.